The zero-order valence-electron chi connectivity index (χ0n) is 8.88. The highest BCUT2D eigenvalue weighted by molar-refractivity contribution is 5.85. The van der Waals surface area contributed by atoms with Gasteiger partial charge >= 0.3 is 0 Å². The van der Waals surface area contributed by atoms with Gasteiger partial charge in [-0.3, -0.25) is 9.48 Å². The fraction of sp³-hybridized carbons (Fsp3) is 0.500. The summed E-state index contributed by atoms with van der Waals surface area (Å²) in [6.07, 6.45) is 3.28. The van der Waals surface area contributed by atoms with Crippen LogP contribution in [0.1, 0.15) is 0 Å². The molecule has 16 heavy (non-hydrogen) atoms. The molecular formula is C8H16Cl2N4O2. The maximum atomic E-state index is 10.9. The lowest BCUT2D eigenvalue weighted by molar-refractivity contribution is -0.124. The molecule has 0 saturated carbocycles. The van der Waals surface area contributed by atoms with E-state index in [1.807, 2.05) is 0 Å². The Morgan fingerprint density at radius 1 is 1.62 bits per heavy atom. The van der Waals surface area contributed by atoms with Gasteiger partial charge in [0.15, 0.2) is 0 Å². The van der Waals surface area contributed by atoms with E-state index in [0.717, 1.165) is 0 Å². The summed E-state index contributed by atoms with van der Waals surface area (Å²) in [5.41, 5.74) is 6.09. The number of halogens is 2. The molecule has 6 nitrogen and oxygen atoms in total. The molecule has 1 amide bonds. The lowest BCUT2D eigenvalue weighted by atomic mass is 10.5. The maximum Gasteiger partial charge on any atom is 0.246 e. The van der Waals surface area contributed by atoms with Gasteiger partial charge in [0.25, 0.3) is 0 Å². The van der Waals surface area contributed by atoms with Gasteiger partial charge in [-0.1, -0.05) is 0 Å². The van der Waals surface area contributed by atoms with E-state index in [-0.39, 0.29) is 37.3 Å². The van der Waals surface area contributed by atoms with Crippen molar-refractivity contribution in [2.24, 2.45) is 0 Å². The number of nitrogens with two attached hydrogens (primary N) is 1. The third kappa shape index (κ3) is 6.49. The predicted molar refractivity (Wildman–Crippen MR) is 66.0 cm³/mol. The number of aromatic nitrogens is 2. The molecule has 0 radical (unpaired) electrons. The molecule has 3 N–H and O–H groups in total. The molecular weight excluding hydrogens is 255 g/mol. The van der Waals surface area contributed by atoms with E-state index in [0.29, 0.717) is 18.8 Å². The van der Waals surface area contributed by atoms with Crippen molar-refractivity contribution in [3.8, 4) is 0 Å². The van der Waals surface area contributed by atoms with Gasteiger partial charge in [-0.25, -0.2) is 0 Å². The number of hydrogen-bond donors (Lipinski definition) is 2. The second-order valence-electron chi connectivity index (χ2n) is 2.82. The Labute approximate surface area is 106 Å². The summed E-state index contributed by atoms with van der Waals surface area (Å²) in [7, 11) is 1.48. The van der Waals surface area contributed by atoms with Gasteiger partial charge < -0.3 is 15.8 Å². The fourth-order valence-corrected chi connectivity index (χ4v) is 0.994. The number of nitrogen functional groups attached to an aromatic ring is 1. The molecule has 0 aromatic carbocycles. The Morgan fingerprint density at radius 2 is 2.31 bits per heavy atom. The molecule has 0 atom stereocenters. The molecule has 1 rings (SSSR count). The quantitative estimate of drug-likeness (QED) is 0.794. The highest BCUT2D eigenvalue weighted by Gasteiger charge is 1.99. The van der Waals surface area contributed by atoms with Crippen LogP contribution in [0.4, 0.5) is 5.69 Å². The van der Waals surface area contributed by atoms with Crippen LogP contribution in [0.2, 0.25) is 0 Å². The van der Waals surface area contributed by atoms with Gasteiger partial charge in [-0.15, -0.1) is 24.8 Å². The third-order valence-corrected chi connectivity index (χ3v) is 1.59. The van der Waals surface area contributed by atoms with Crippen LogP contribution in [0.15, 0.2) is 12.4 Å². The number of nitrogens with one attached hydrogen (secondary N) is 1. The van der Waals surface area contributed by atoms with E-state index < -0.39 is 0 Å². The van der Waals surface area contributed by atoms with Gasteiger partial charge in [0.05, 0.1) is 18.4 Å². The number of amides is 1. The number of hydrogen-bond acceptors (Lipinski definition) is 4. The molecule has 0 aliphatic carbocycles. The van der Waals surface area contributed by atoms with Gasteiger partial charge in [0, 0.05) is 19.9 Å². The molecule has 94 valence electrons. The van der Waals surface area contributed by atoms with Crippen LogP contribution >= 0.6 is 24.8 Å². The van der Waals surface area contributed by atoms with E-state index >= 15 is 0 Å². The van der Waals surface area contributed by atoms with Gasteiger partial charge in [0.2, 0.25) is 5.91 Å². The predicted octanol–water partition coefficient (Wildman–Crippen LogP) is 0.0715. The van der Waals surface area contributed by atoms with Crippen molar-refractivity contribution in [1.82, 2.24) is 15.1 Å². The molecule has 8 heteroatoms. The molecule has 0 unspecified atom stereocenters. The lowest BCUT2D eigenvalue weighted by Gasteiger charge is -2.03. The first-order valence-corrected chi connectivity index (χ1v) is 4.26. The minimum absolute atomic E-state index is 0. The molecule has 0 aliphatic heterocycles. The van der Waals surface area contributed by atoms with Crippen molar-refractivity contribution in [1.29, 1.82) is 0 Å². The van der Waals surface area contributed by atoms with Crippen LogP contribution in [-0.2, 0) is 16.1 Å². The van der Waals surface area contributed by atoms with Crippen LogP contribution in [0.5, 0.6) is 0 Å². The Kier molecular flexibility index (Phi) is 10.1. The van der Waals surface area contributed by atoms with Gasteiger partial charge in [-0.05, 0) is 0 Å². The first-order chi connectivity index (χ1) is 6.72. The Morgan fingerprint density at radius 3 is 2.81 bits per heavy atom. The molecule has 1 aromatic rings. The van der Waals surface area contributed by atoms with Crippen molar-refractivity contribution < 1.29 is 9.53 Å². The maximum absolute atomic E-state index is 10.9. The minimum atomic E-state index is -0.132. The number of anilines is 1. The van der Waals surface area contributed by atoms with Crippen LogP contribution in [0.3, 0.4) is 0 Å². The summed E-state index contributed by atoms with van der Waals surface area (Å²) in [6.45, 7) is 1.21. The summed E-state index contributed by atoms with van der Waals surface area (Å²) in [5, 5.41) is 6.64. The van der Waals surface area contributed by atoms with Crippen LogP contribution in [0.25, 0.3) is 0 Å². The summed E-state index contributed by atoms with van der Waals surface area (Å²) in [5.74, 6) is -0.132. The van der Waals surface area contributed by atoms with Crippen molar-refractivity contribution in [2.45, 2.75) is 6.54 Å². The van der Waals surface area contributed by atoms with E-state index in [9.17, 15) is 4.79 Å². The number of nitrogens with zero attached hydrogens (tertiary/aromatic N) is 2. The second kappa shape index (κ2) is 9.26. The largest absolute Gasteiger partial charge is 0.396 e. The molecule has 0 fully saturated rings. The highest BCUT2D eigenvalue weighted by Crippen LogP contribution is 1.96. The van der Waals surface area contributed by atoms with E-state index in [4.69, 9.17) is 5.73 Å². The third-order valence-electron chi connectivity index (χ3n) is 1.59. The SMILES string of the molecule is COCC(=O)NCCn1cc(N)cn1.Cl.Cl. The number of carbonyl (C=O) groups excluding carboxylic acids is 1. The highest BCUT2D eigenvalue weighted by atomic mass is 35.5. The number of carbonyl (C=O) groups is 1. The van der Waals surface area contributed by atoms with E-state index in [1.54, 1.807) is 17.1 Å². The van der Waals surface area contributed by atoms with Crippen LogP contribution in [-0.4, -0.2) is 35.9 Å². The van der Waals surface area contributed by atoms with E-state index in [1.165, 1.54) is 7.11 Å². The average molecular weight is 271 g/mol. The zero-order valence-corrected chi connectivity index (χ0v) is 10.5. The molecule has 0 bridgehead atoms. The first kappa shape index (κ1) is 17.4. The Bertz CT molecular complexity index is 306. The van der Waals surface area contributed by atoms with Gasteiger partial charge in [-0.2, -0.15) is 5.10 Å². The smallest absolute Gasteiger partial charge is 0.246 e. The number of methoxy groups -OCH3 is 1. The summed E-state index contributed by atoms with van der Waals surface area (Å²) < 4.78 is 6.33. The van der Waals surface area contributed by atoms with Crippen molar-refractivity contribution >= 4 is 36.4 Å². The van der Waals surface area contributed by atoms with Crippen molar-refractivity contribution in [3.05, 3.63) is 12.4 Å². The van der Waals surface area contributed by atoms with Crippen LogP contribution in [0, 0.1) is 0 Å². The number of ether oxygens (including phenoxy) is 1. The minimum Gasteiger partial charge on any atom is -0.396 e. The second-order valence-corrected chi connectivity index (χ2v) is 2.82. The fourth-order valence-electron chi connectivity index (χ4n) is 0.994. The zero-order chi connectivity index (χ0) is 10.4. The summed E-state index contributed by atoms with van der Waals surface area (Å²) in [4.78, 5) is 10.9. The Balaban J connectivity index is 0. The molecule has 1 heterocycles. The van der Waals surface area contributed by atoms with Gasteiger partial charge in [0.1, 0.15) is 6.61 Å². The molecule has 1 aromatic heterocycles. The molecule has 0 spiro atoms. The van der Waals surface area contributed by atoms with Crippen molar-refractivity contribution in [2.75, 3.05) is 26.0 Å². The molecule has 0 saturated heterocycles. The van der Waals surface area contributed by atoms with Crippen molar-refractivity contribution in [3.63, 3.8) is 0 Å². The summed E-state index contributed by atoms with van der Waals surface area (Å²) >= 11 is 0. The topological polar surface area (TPSA) is 82.2 Å². The standard InChI is InChI=1S/C8H14N4O2.2ClH/c1-14-6-8(13)10-2-3-12-5-7(9)4-11-12;;/h4-5H,2-3,6,9H2,1H3,(H,10,13);2*1H. The average Bonchev–Trinajstić information content (AvgIpc) is 2.52. The summed E-state index contributed by atoms with van der Waals surface area (Å²) in [6, 6.07) is 0. The Hall–Kier alpha value is -0.980. The normalized spacial score (nSPS) is 8.81. The molecule has 0 aliphatic rings. The first-order valence-electron chi connectivity index (χ1n) is 4.26. The number of rotatable bonds is 5. The van der Waals surface area contributed by atoms with E-state index in [2.05, 4.69) is 15.2 Å². The lowest BCUT2D eigenvalue weighted by Crippen LogP contribution is -2.30. The monoisotopic (exact) mass is 270 g/mol. The van der Waals surface area contributed by atoms with Crippen LogP contribution < -0.4 is 11.1 Å².